The molecule has 6 N–H and O–H groups in total. The van der Waals surface area contributed by atoms with E-state index in [1.807, 2.05) is 30.3 Å². The number of phenols is 2. The largest absolute Gasteiger partial charge is 0.507 e. The minimum Gasteiger partial charge on any atom is -0.507 e. The fraction of sp³-hybridized carbons (Fsp3) is 0.333. The fourth-order valence-corrected chi connectivity index (χ4v) is 3.05. The molecule has 0 unspecified atom stereocenters. The molecule has 3 rings (SSSR count). The van der Waals surface area contributed by atoms with Crippen LogP contribution in [0.15, 0.2) is 42.5 Å². The minimum atomic E-state index is -1.59. The molecule has 7 nitrogen and oxygen atoms in total. The Morgan fingerprint density at radius 2 is 1.40 bits per heavy atom. The number of benzene rings is 2. The monoisotopic (exact) mass is 348 g/mol. The van der Waals surface area contributed by atoms with Gasteiger partial charge in [-0.1, -0.05) is 30.3 Å². The molecular formula is C18H20O7. The lowest BCUT2D eigenvalue weighted by molar-refractivity contribution is -0.232. The summed E-state index contributed by atoms with van der Waals surface area (Å²) in [5.74, 6) is -0.661. The van der Waals surface area contributed by atoms with Crippen LogP contribution < -0.4 is 0 Å². The van der Waals surface area contributed by atoms with E-state index in [0.717, 1.165) is 5.56 Å². The molecule has 2 aromatic carbocycles. The predicted octanol–water partition coefficient (Wildman–Crippen LogP) is 0.280. The number of aliphatic hydroxyl groups is 4. The normalized spacial score (nSPS) is 29.5. The summed E-state index contributed by atoms with van der Waals surface area (Å²) in [5, 5.41) is 59.9. The van der Waals surface area contributed by atoms with Crippen molar-refractivity contribution in [2.24, 2.45) is 0 Å². The summed E-state index contributed by atoms with van der Waals surface area (Å²) < 4.78 is 5.39. The lowest BCUT2D eigenvalue weighted by Gasteiger charge is -2.40. The Labute approximate surface area is 144 Å². The standard InChI is InChI=1S/C18H20O7/c19-8-13-15(22)16(23)17(24)18(25-13)14-11(20)6-10(7-12(14)21)9-4-2-1-3-5-9/h1-7,13,15-24H,8H2/t13-,15-,16+,17+,18-/m1/s1. The van der Waals surface area contributed by atoms with E-state index in [4.69, 9.17) is 4.74 Å². The predicted molar refractivity (Wildman–Crippen MR) is 87.9 cm³/mol. The second-order valence-corrected chi connectivity index (χ2v) is 6.04. The van der Waals surface area contributed by atoms with Crippen molar-refractivity contribution >= 4 is 0 Å². The van der Waals surface area contributed by atoms with E-state index < -0.39 is 37.1 Å². The summed E-state index contributed by atoms with van der Waals surface area (Å²) in [6.07, 6.45) is -7.12. The van der Waals surface area contributed by atoms with Crippen LogP contribution in [0.1, 0.15) is 11.7 Å². The van der Waals surface area contributed by atoms with Gasteiger partial charge in [0.15, 0.2) is 0 Å². The molecule has 0 saturated carbocycles. The molecule has 134 valence electrons. The van der Waals surface area contributed by atoms with Gasteiger partial charge in [0.05, 0.1) is 12.2 Å². The van der Waals surface area contributed by atoms with Crippen molar-refractivity contribution in [3.05, 3.63) is 48.0 Å². The summed E-state index contributed by atoms with van der Waals surface area (Å²) in [6.45, 7) is -0.592. The maximum atomic E-state index is 10.4. The van der Waals surface area contributed by atoms with Crippen LogP contribution in [0.2, 0.25) is 0 Å². The molecular weight excluding hydrogens is 328 g/mol. The first-order chi connectivity index (χ1) is 11.9. The zero-order valence-corrected chi connectivity index (χ0v) is 13.2. The van der Waals surface area contributed by atoms with Gasteiger partial charge in [0.25, 0.3) is 0 Å². The van der Waals surface area contributed by atoms with Gasteiger partial charge in [0.2, 0.25) is 0 Å². The highest BCUT2D eigenvalue weighted by atomic mass is 16.5. The number of hydrogen-bond donors (Lipinski definition) is 6. The lowest BCUT2D eigenvalue weighted by atomic mass is 9.89. The third-order valence-electron chi connectivity index (χ3n) is 4.42. The maximum absolute atomic E-state index is 10.4. The van der Waals surface area contributed by atoms with E-state index >= 15 is 0 Å². The molecule has 0 bridgehead atoms. The molecule has 7 heteroatoms. The molecule has 25 heavy (non-hydrogen) atoms. The third-order valence-corrected chi connectivity index (χ3v) is 4.42. The SMILES string of the molecule is OC[C@H]1O[C@H](c2c(O)cc(-c3ccccc3)cc2O)[C@@H](O)[C@@H](O)[C@@H]1O. The van der Waals surface area contributed by atoms with Crippen molar-refractivity contribution in [1.82, 2.24) is 0 Å². The molecule has 0 aliphatic carbocycles. The first-order valence-corrected chi connectivity index (χ1v) is 7.86. The topological polar surface area (TPSA) is 131 Å². The highest BCUT2D eigenvalue weighted by Gasteiger charge is 2.45. The van der Waals surface area contributed by atoms with Gasteiger partial charge >= 0.3 is 0 Å². The molecule has 0 radical (unpaired) electrons. The van der Waals surface area contributed by atoms with Crippen LogP contribution in [0.25, 0.3) is 11.1 Å². The molecule has 5 atom stereocenters. The second kappa shape index (κ2) is 6.99. The third kappa shape index (κ3) is 3.20. The minimum absolute atomic E-state index is 0.114. The van der Waals surface area contributed by atoms with Crippen LogP contribution >= 0.6 is 0 Å². The number of phenolic OH excluding ortho intramolecular Hbond substituents is 2. The Hall–Kier alpha value is -2.16. The highest BCUT2D eigenvalue weighted by molar-refractivity contribution is 5.69. The molecule has 1 fully saturated rings. The number of rotatable bonds is 3. The number of hydrogen-bond acceptors (Lipinski definition) is 7. The van der Waals surface area contributed by atoms with E-state index in [9.17, 15) is 30.6 Å². The number of ether oxygens (including phenoxy) is 1. The molecule has 0 spiro atoms. The summed E-state index contributed by atoms with van der Waals surface area (Å²) >= 11 is 0. The summed E-state index contributed by atoms with van der Waals surface area (Å²) in [7, 11) is 0. The first kappa shape index (κ1) is 17.7. The van der Waals surface area contributed by atoms with Crippen LogP contribution in [0.4, 0.5) is 0 Å². The van der Waals surface area contributed by atoms with E-state index in [2.05, 4.69) is 0 Å². The second-order valence-electron chi connectivity index (χ2n) is 6.04. The van der Waals surface area contributed by atoms with Crippen molar-refractivity contribution in [1.29, 1.82) is 0 Å². The van der Waals surface area contributed by atoms with Crippen LogP contribution in [0.5, 0.6) is 11.5 Å². The van der Waals surface area contributed by atoms with Gasteiger partial charge < -0.3 is 35.4 Å². The average Bonchev–Trinajstić information content (AvgIpc) is 2.61. The molecule has 1 aliphatic heterocycles. The van der Waals surface area contributed by atoms with E-state index in [-0.39, 0.29) is 17.1 Å². The van der Waals surface area contributed by atoms with Gasteiger partial charge in [-0.25, -0.2) is 0 Å². The Morgan fingerprint density at radius 3 is 1.96 bits per heavy atom. The Balaban J connectivity index is 2.00. The van der Waals surface area contributed by atoms with Crippen molar-refractivity contribution in [2.45, 2.75) is 30.5 Å². The van der Waals surface area contributed by atoms with E-state index in [0.29, 0.717) is 5.56 Å². The van der Waals surface area contributed by atoms with Gasteiger partial charge in [-0.15, -0.1) is 0 Å². The van der Waals surface area contributed by atoms with Crippen LogP contribution in [-0.2, 0) is 4.74 Å². The lowest BCUT2D eigenvalue weighted by Crippen LogP contribution is -2.55. The fourth-order valence-electron chi connectivity index (χ4n) is 3.05. The zero-order valence-electron chi connectivity index (χ0n) is 13.2. The van der Waals surface area contributed by atoms with Crippen molar-refractivity contribution in [2.75, 3.05) is 6.61 Å². The van der Waals surface area contributed by atoms with Crippen LogP contribution in [0.3, 0.4) is 0 Å². The van der Waals surface area contributed by atoms with Crippen molar-refractivity contribution in [3.63, 3.8) is 0 Å². The van der Waals surface area contributed by atoms with Gasteiger partial charge in [-0.05, 0) is 23.3 Å². The summed E-state index contributed by atoms with van der Waals surface area (Å²) in [4.78, 5) is 0. The zero-order chi connectivity index (χ0) is 18.1. The number of aromatic hydroxyl groups is 2. The summed E-state index contributed by atoms with van der Waals surface area (Å²) in [5.41, 5.74) is 1.22. The number of aliphatic hydroxyl groups excluding tert-OH is 4. The molecule has 1 aliphatic rings. The highest BCUT2D eigenvalue weighted by Crippen LogP contribution is 2.43. The van der Waals surface area contributed by atoms with Gasteiger partial charge in [-0.3, -0.25) is 0 Å². The molecule has 2 aromatic rings. The van der Waals surface area contributed by atoms with Crippen LogP contribution in [-0.4, -0.2) is 61.7 Å². The van der Waals surface area contributed by atoms with E-state index in [1.54, 1.807) is 0 Å². The Morgan fingerprint density at radius 1 is 0.800 bits per heavy atom. The molecule has 0 aromatic heterocycles. The van der Waals surface area contributed by atoms with Crippen molar-refractivity contribution in [3.8, 4) is 22.6 Å². The first-order valence-electron chi connectivity index (χ1n) is 7.86. The Kier molecular flexibility index (Phi) is 4.94. The van der Waals surface area contributed by atoms with Crippen molar-refractivity contribution < 1.29 is 35.4 Å². The van der Waals surface area contributed by atoms with Gasteiger partial charge in [-0.2, -0.15) is 0 Å². The maximum Gasteiger partial charge on any atom is 0.125 e. The average molecular weight is 348 g/mol. The van der Waals surface area contributed by atoms with Crippen LogP contribution in [0, 0.1) is 0 Å². The Bertz CT molecular complexity index is 708. The van der Waals surface area contributed by atoms with E-state index in [1.165, 1.54) is 12.1 Å². The summed E-state index contributed by atoms with van der Waals surface area (Å²) in [6, 6.07) is 11.9. The molecule has 1 heterocycles. The molecule has 1 saturated heterocycles. The van der Waals surface area contributed by atoms with Gasteiger partial charge in [0, 0.05) is 0 Å². The quantitative estimate of drug-likeness (QED) is 0.470. The molecule has 0 amide bonds. The smallest absolute Gasteiger partial charge is 0.125 e. The van der Waals surface area contributed by atoms with Gasteiger partial charge in [0.1, 0.15) is 42.0 Å².